The standard InChI is InChI=1S/C12H15N3/c1-8-4-5-9-11(7-8)15-12(14-9)10-3-2-6-13-10/h5,7,10,13H,1-4,6H2,(H,14,15). The second-order valence-corrected chi connectivity index (χ2v) is 4.28. The smallest absolute Gasteiger partial charge is 0.124 e. The molecule has 0 aromatic carbocycles. The third-order valence-electron chi connectivity index (χ3n) is 3.08. The van der Waals surface area contributed by atoms with Crippen LogP contribution in [0.5, 0.6) is 0 Å². The van der Waals surface area contributed by atoms with Crippen molar-refractivity contribution >= 4 is 12.2 Å². The summed E-state index contributed by atoms with van der Waals surface area (Å²) < 4.78 is 0. The molecule has 0 saturated carbocycles. The van der Waals surface area contributed by atoms with Gasteiger partial charge in [-0.3, -0.25) is 0 Å². The molecule has 1 aliphatic carbocycles. The number of allylic oxidation sites excluding steroid dienone is 1. The minimum atomic E-state index is 0.422. The molecule has 3 rings (SSSR count). The quantitative estimate of drug-likeness (QED) is 0.688. The Labute approximate surface area is 88.6 Å². The molecule has 15 heavy (non-hydrogen) atoms. The van der Waals surface area contributed by atoms with Crippen molar-refractivity contribution in [2.45, 2.75) is 25.3 Å². The first-order valence-corrected chi connectivity index (χ1v) is 5.52. The van der Waals surface area contributed by atoms with Crippen LogP contribution in [-0.4, -0.2) is 16.5 Å². The zero-order valence-electron chi connectivity index (χ0n) is 8.71. The van der Waals surface area contributed by atoms with Crippen molar-refractivity contribution < 1.29 is 0 Å². The first-order chi connectivity index (χ1) is 7.33. The molecule has 2 aliphatic rings. The second kappa shape index (κ2) is 3.35. The van der Waals surface area contributed by atoms with E-state index in [1.54, 1.807) is 0 Å². The van der Waals surface area contributed by atoms with Crippen LogP contribution < -0.4 is 16.0 Å². The Morgan fingerprint density at radius 3 is 3.20 bits per heavy atom. The Balaban J connectivity index is 2.06. The van der Waals surface area contributed by atoms with E-state index in [9.17, 15) is 0 Å². The van der Waals surface area contributed by atoms with Crippen LogP contribution >= 0.6 is 0 Å². The van der Waals surface area contributed by atoms with Crippen molar-refractivity contribution in [2.24, 2.45) is 0 Å². The van der Waals surface area contributed by atoms with E-state index in [4.69, 9.17) is 0 Å². The fourth-order valence-electron chi connectivity index (χ4n) is 2.26. The molecule has 2 N–H and O–H groups in total. The van der Waals surface area contributed by atoms with Crippen molar-refractivity contribution in [1.29, 1.82) is 0 Å². The van der Waals surface area contributed by atoms with Gasteiger partial charge in [0.05, 0.1) is 16.7 Å². The molecule has 1 aliphatic heterocycles. The van der Waals surface area contributed by atoms with Gasteiger partial charge in [0.25, 0.3) is 0 Å². The summed E-state index contributed by atoms with van der Waals surface area (Å²) in [7, 11) is 0. The predicted molar refractivity (Wildman–Crippen MR) is 60.5 cm³/mol. The Morgan fingerprint density at radius 2 is 2.40 bits per heavy atom. The van der Waals surface area contributed by atoms with Crippen LogP contribution in [0.15, 0.2) is 12.2 Å². The minimum Gasteiger partial charge on any atom is -0.341 e. The van der Waals surface area contributed by atoms with Crippen LogP contribution in [0.25, 0.3) is 12.2 Å². The van der Waals surface area contributed by atoms with Crippen LogP contribution in [-0.2, 0) is 0 Å². The molecule has 1 unspecified atom stereocenters. The molecule has 1 aromatic heterocycles. The molecule has 1 fully saturated rings. The highest BCUT2D eigenvalue weighted by atomic mass is 15.0. The molecule has 0 spiro atoms. The average molecular weight is 201 g/mol. The molecule has 1 atom stereocenters. The highest BCUT2D eigenvalue weighted by Gasteiger charge is 2.19. The number of hydrogen-bond acceptors (Lipinski definition) is 2. The number of aromatic nitrogens is 2. The normalized spacial score (nSPS) is 24.5. The Bertz CT molecular complexity index is 503. The molecule has 2 heterocycles. The Kier molecular flexibility index (Phi) is 1.99. The average Bonchev–Trinajstić information content (AvgIpc) is 2.84. The van der Waals surface area contributed by atoms with Crippen LogP contribution in [0, 0.1) is 0 Å². The third kappa shape index (κ3) is 1.53. The number of aromatic amines is 1. The number of H-pyrrole nitrogens is 1. The number of hydrogen-bond donors (Lipinski definition) is 2. The summed E-state index contributed by atoms with van der Waals surface area (Å²) >= 11 is 0. The SMILES string of the molecule is C=C1C=c2[nH]c(C3CCCN3)nc2=CC1. The first-order valence-electron chi connectivity index (χ1n) is 5.52. The lowest BCUT2D eigenvalue weighted by atomic mass is 10.1. The van der Waals surface area contributed by atoms with Crippen molar-refractivity contribution in [3.8, 4) is 0 Å². The number of nitrogens with zero attached hydrogens (tertiary/aromatic N) is 1. The van der Waals surface area contributed by atoms with E-state index in [0.29, 0.717) is 6.04 Å². The minimum absolute atomic E-state index is 0.422. The van der Waals surface area contributed by atoms with Crippen molar-refractivity contribution in [2.75, 3.05) is 6.54 Å². The highest BCUT2D eigenvalue weighted by Crippen LogP contribution is 2.18. The van der Waals surface area contributed by atoms with Gasteiger partial charge >= 0.3 is 0 Å². The van der Waals surface area contributed by atoms with Gasteiger partial charge in [0.15, 0.2) is 0 Å². The third-order valence-corrected chi connectivity index (χ3v) is 3.08. The van der Waals surface area contributed by atoms with Crippen molar-refractivity contribution in [3.05, 3.63) is 28.7 Å². The van der Waals surface area contributed by atoms with E-state index in [-0.39, 0.29) is 0 Å². The molecule has 0 radical (unpaired) electrons. The Hall–Kier alpha value is -1.35. The molecule has 0 amide bonds. The second-order valence-electron chi connectivity index (χ2n) is 4.28. The van der Waals surface area contributed by atoms with Crippen LogP contribution in [0.3, 0.4) is 0 Å². The van der Waals surface area contributed by atoms with Gasteiger partial charge in [-0.1, -0.05) is 12.7 Å². The molecular weight excluding hydrogens is 186 g/mol. The van der Waals surface area contributed by atoms with Crippen LogP contribution in [0.4, 0.5) is 0 Å². The molecule has 78 valence electrons. The van der Waals surface area contributed by atoms with Crippen LogP contribution in [0.1, 0.15) is 31.1 Å². The molecule has 1 saturated heterocycles. The number of rotatable bonds is 1. The monoisotopic (exact) mass is 201 g/mol. The summed E-state index contributed by atoms with van der Waals surface area (Å²) in [5.74, 6) is 1.08. The number of fused-ring (bicyclic) bond motifs is 1. The lowest BCUT2D eigenvalue weighted by molar-refractivity contribution is 0.611. The molecule has 1 aromatic rings. The zero-order valence-corrected chi connectivity index (χ0v) is 8.71. The lowest BCUT2D eigenvalue weighted by Gasteiger charge is -2.04. The Morgan fingerprint density at radius 1 is 1.47 bits per heavy atom. The van der Waals surface area contributed by atoms with E-state index >= 15 is 0 Å². The molecule has 3 nitrogen and oxygen atoms in total. The van der Waals surface area contributed by atoms with Gasteiger partial charge in [-0.05, 0) is 37.5 Å². The van der Waals surface area contributed by atoms with E-state index in [1.165, 1.54) is 12.8 Å². The van der Waals surface area contributed by atoms with Gasteiger partial charge in [-0.25, -0.2) is 4.98 Å². The molecular formula is C12H15N3. The van der Waals surface area contributed by atoms with E-state index in [2.05, 4.69) is 34.0 Å². The van der Waals surface area contributed by atoms with Gasteiger partial charge in [0, 0.05) is 0 Å². The number of imidazole rings is 1. The maximum absolute atomic E-state index is 4.62. The highest BCUT2D eigenvalue weighted by molar-refractivity contribution is 5.52. The fraction of sp³-hybridized carbons (Fsp3) is 0.417. The van der Waals surface area contributed by atoms with Gasteiger partial charge in [0.2, 0.25) is 0 Å². The van der Waals surface area contributed by atoms with Gasteiger partial charge in [0.1, 0.15) is 5.82 Å². The van der Waals surface area contributed by atoms with Gasteiger partial charge in [-0.2, -0.15) is 0 Å². The summed E-state index contributed by atoms with van der Waals surface area (Å²) in [6.45, 7) is 5.08. The molecule has 3 heteroatoms. The van der Waals surface area contributed by atoms with E-state index in [1.807, 2.05) is 0 Å². The topological polar surface area (TPSA) is 40.7 Å². The predicted octanol–water partition coefficient (Wildman–Crippen LogP) is 0.355. The van der Waals surface area contributed by atoms with Crippen LogP contribution in [0.2, 0.25) is 0 Å². The largest absolute Gasteiger partial charge is 0.341 e. The molecule has 0 bridgehead atoms. The fourth-order valence-corrected chi connectivity index (χ4v) is 2.26. The summed E-state index contributed by atoms with van der Waals surface area (Å²) in [4.78, 5) is 8.01. The maximum atomic E-state index is 4.62. The summed E-state index contributed by atoms with van der Waals surface area (Å²) in [5, 5.41) is 5.66. The van der Waals surface area contributed by atoms with Crippen molar-refractivity contribution in [3.63, 3.8) is 0 Å². The zero-order chi connectivity index (χ0) is 10.3. The van der Waals surface area contributed by atoms with Gasteiger partial charge < -0.3 is 10.3 Å². The summed E-state index contributed by atoms with van der Waals surface area (Å²) in [6.07, 6.45) is 7.60. The maximum Gasteiger partial charge on any atom is 0.124 e. The van der Waals surface area contributed by atoms with Crippen molar-refractivity contribution in [1.82, 2.24) is 15.3 Å². The number of nitrogens with one attached hydrogen (secondary N) is 2. The van der Waals surface area contributed by atoms with Gasteiger partial charge in [-0.15, -0.1) is 0 Å². The van der Waals surface area contributed by atoms with E-state index in [0.717, 1.165) is 35.1 Å². The van der Waals surface area contributed by atoms with E-state index < -0.39 is 0 Å². The summed E-state index contributed by atoms with van der Waals surface area (Å²) in [6, 6.07) is 0.422. The lowest BCUT2D eigenvalue weighted by Crippen LogP contribution is -2.26. The summed E-state index contributed by atoms with van der Waals surface area (Å²) in [5.41, 5.74) is 1.15. The first kappa shape index (κ1) is 8.92.